The van der Waals surface area contributed by atoms with E-state index in [0.29, 0.717) is 24.9 Å². The molecule has 1 saturated heterocycles. The Bertz CT molecular complexity index is 615. The van der Waals surface area contributed by atoms with Crippen molar-refractivity contribution < 1.29 is 9.59 Å². The van der Waals surface area contributed by atoms with Gasteiger partial charge in [-0.3, -0.25) is 14.5 Å². The van der Waals surface area contributed by atoms with Gasteiger partial charge in [0, 0.05) is 32.7 Å². The maximum absolute atomic E-state index is 13.0. The molecule has 0 aliphatic carbocycles. The fraction of sp³-hybridized carbons (Fsp3) is 0.636. The van der Waals surface area contributed by atoms with Crippen LogP contribution in [0.15, 0.2) is 24.3 Å². The molecule has 1 N–H and O–H groups in total. The molecule has 0 saturated carbocycles. The second-order valence-corrected chi connectivity index (χ2v) is 8.55. The van der Waals surface area contributed by atoms with Crippen molar-refractivity contribution in [3.8, 4) is 0 Å². The van der Waals surface area contributed by atoms with Gasteiger partial charge in [0.15, 0.2) is 0 Å². The maximum atomic E-state index is 13.0. The molecule has 0 radical (unpaired) electrons. The lowest BCUT2D eigenvalue weighted by atomic mass is 10.0. The minimum absolute atomic E-state index is 0.0317. The minimum atomic E-state index is -0.394. The van der Waals surface area contributed by atoms with Crippen LogP contribution >= 0.6 is 0 Å². The number of nitrogens with zero attached hydrogens (tertiary/aromatic N) is 2. The van der Waals surface area contributed by atoms with Crippen LogP contribution in [0.5, 0.6) is 0 Å². The Morgan fingerprint density at radius 1 is 1.15 bits per heavy atom. The summed E-state index contributed by atoms with van der Waals surface area (Å²) in [6.07, 6.45) is 0.247. The van der Waals surface area contributed by atoms with Crippen LogP contribution in [0.25, 0.3) is 0 Å². The average Bonchev–Trinajstić information content (AvgIpc) is 2.58. The molecule has 1 aromatic carbocycles. The highest BCUT2D eigenvalue weighted by molar-refractivity contribution is 5.88. The number of hydrogen-bond acceptors (Lipinski definition) is 3. The summed E-state index contributed by atoms with van der Waals surface area (Å²) in [4.78, 5) is 29.6. The third-order valence-electron chi connectivity index (χ3n) is 4.84. The summed E-state index contributed by atoms with van der Waals surface area (Å²) in [6, 6.07) is 7.99. The van der Waals surface area contributed by atoms with Crippen LogP contribution in [0, 0.1) is 18.8 Å². The summed E-state index contributed by atoms with van der Waals surface area (Å²) in [5, 5.41) is 2.93. The van der Waals surface area contributed by atoms with Gasteiger partial charge in [-0.15, -0.1) is 0 Å². The molecular weight excluding hydrogens is 338 g/mol. The van der Waals surface area contributed by atoms with E-state index in [1.807, 2.05) is 4.90 Å². The van der Waals surface area contributed by atoms with E-state index >= 15 is 0 Å². The summed E-state index contributed by atoms with van der Waals surface area (Å²) in [5.41, 5.74) is 2.40. The second kappa shape index (κ2) is 9.88. The molecular formula is C22H35N3O2. The Morgan fingerprint density at radius 3 is 2.30 bits per heavy atom. The molecule has 2 amide bonds. The number of carbonyl (C=O) groups excluding carboxylic acids is 2. The van der Waals surface area contributed by atoms with Crippen molar-refractivity contribution in [3.05, 3.63) is 35.4 Å². The first-order valence-corrected chi connectivity index (χ1v) is 10.1. The van der Waals surface area contributed by atoms with Gasteiger partial charge in [0.1, 0.15) is 0 Å². The van der Waals surface area contributed by atoms with E-state index in [1.165, 1.54) is 11.1 Å². The SMILES string of the molecule is Cc1ccc(CN2CCNC(=O)[C@H]2CC(=O)N(CC(C)C)CC(C)C)cc1. The number of amides is 2. The van der Waals surface area contributed by atoms with Crippen LogP contribution in [0.2, 0.25) is 0 Å². The number of aryl methyl sites for hydroxylation is 1. The van der Waals surface area contributed by atoms with Crippen molar-refractivity contribution in [1.82, 2.24) is 15.1 Å². The van der Waals surface area contributed by atoms with E-state index in [9.17, 15) is 9.59 Å². The second-order valence-electron chi connectivity index (χ2n) is 8.55. The Hall–Kier alpha value is -1.88. The smallest absolute Gasteiger partial charge is 0.237 e. The Labute approximate surface area is 164 Å². The normalized spacial score (nSPS) is 18.0. The van der Waals surface area contributed by atoms with Gasteiger partial charge in [-0.25, -0.2) is 0 Å². The molecule has 150 valence electrons. The van der Waals surface area contributed by atoms with Gasteiger partial charge in [-0.2, -0.15) is 0 Å². The molecule has 0 bridgehead atoms. The summed E-state index contributed by atoms with van der Waals surface area (Å²) in [7, 11) is 0. The lowest BCUT2D eigenvalue weighted by Crippen LogP contribution is -2.56. The van der Waals surface area contributed by atoms with Crippen LogP contribution in [0.4, 0.5) is 0 Å². The van der Waals surface area contributed by atoms with Gasteiger partial charge < -0.3 is 10.2 Å². The van der Waals surface area contributed by atoms with E-state index in [0.717, 1.165) is 19.6 Å². The lowest BCUT2D eigenvalue weighted by Gasteiger charge is -2.36. The van der Waals surface area contributed by atoms with Crippen molar-refractivity contribution >= 4 is 11.8 Å². The lowest BCUT2D eigenvalue weighted by molar-refractivity contribution is -0.139. The van der Waals surface area contributed by atoms with Crippen LogP contribution in [-0.2, 0) is 16.1 Å². The Morgan fingerprint density at radius 2 is 1.74 bits per heavy atom. The van der Waals surface area contributed by atoms with Crippen LogP contribution in [-0.4, -0.2) is 53.8 Å². The molecule has 0 spiro atoms. The highest BCUT2D eigenvalue weighted by Gasteiger charge is 2.33. The summed E-state index contributed by atoms with van der Waals surface area (Å²) >= 11 is 0. The third kappa shape index (κ3) is 6.65. The molecule has 0 unspecified atom stereocenters. The predicted molar refractivity (Wildman–Crippen MR) is 109 cm³/mol. The highest BCUT2D eigenvalue weighted by Crippen LogP contribution is 2.17. The van der Waals surface area contributed by atoms with Crippen LogP contribution in [0.1, 0.15) is 45.2 Å². The first-order chi connectivity index (χ1) is 12.8. The fourth-order valence-electron chi connectivity index (χ4n) is 3.56. The largest absolute Gasteiger partial charge is 0.353 e. The molecule has 27 heavy (non-hydrogen) atoms. The zero-order valence-corrected chi connectivity index (χ0v) is 17.5. The van der Waals surface area contributed by atoms with E-state index in [1.54, 1.807) is 0 Å². The first-order valence-electron chi connectivity index (χ1n) is 10.1. The highest BCUT2D eigenvalue weighted by atomic mass is 16.2. The van der Waals surface area contributed by atoms with Crippen molar-refractivity contribution in [2.24, 2.45) is 11.8 Å². The first kappa shape index (κ1) is 21.4. The van der Waals surface area contributed by atoms with Gasteiger partial charge in [0.25, 0.3) is 0 Å². The number of hydrogen-bond donors (Lipinski definition) is 1. The van der Waals surface area contributed by atoms with E-state index in [-0.39, 0.29) is 18.2 Å². The molecule has 1 heterocycles. The maximum Gasteiger partial charge on any atom is 0.237 e. The van der Waals surface area contributed by atoms with E-state index in [2.05, 4.69) is 69.1 Å². The molecule has 5 heteroatoms. The van der Waals surface area contributed by atoms with E-state index in [4.69, 9.17) is 0 Å². The summed E-state index contributed by atoms with van der Waals surface area (Å²) in [6.45, 7) is 14.1. The fourth-order valence-corrected chi connectivity index (χ4v) is 3.56. The summed E-state index contributed by atoms with van der Waals surface area (Å²) < 4.78 is 0. The molecule has 1 atom stereocenters. The minimum Gasteiger partial charge on any atom is -0.353 e. The van der Waals surface area contributed by atoms with Gasteiger partial charge in [-0.1, -0.05) is 57.5 Å². The van der Waals surface area contributed by atoms with Crippen molar-refractivity contribution in [3.63, 3.8) is 0 Å². The van der Waals surface area contributed by atoms with Crippen molar-refractivity contribution in [2.45, 2.75) is 53.6 Å². The van der Waals surface area contributed by atoms with E-state index < -0.39 is 6.04 Å². The number of piperazine rings is 1. The number of benzene rings is 1. The van der Waals surface area contributed by atoms with Gasteiger partial charge in [0.2, 0.25) is 11.8 Å². The van der Waals surface area contributed by atoms with Crippen LogP contribution < -0.4 is 5.32 Å². The van der Waals surface area contributed by atoms with Gasteiger partial charge >= 0.3 is 0 Å². The zero-order valence-electron chi connectivity index (χ0n) is 17.5. The molecule has 1 aliphatic rings. The molecule has 1 fully saturated rings. The Balaban J connectivity index is 2.09. The monoisotopic (exact) mass is 373 g/mol. The summed E-state index contributed by atoms with van der Waals surface area (Å²) in [5.74, 6) is 0.872. The molecule has 2 rings (SSSR count). The van der Waals surface area contributed by atoms with Gasteiger partial charge in [-0.05, 0) is 24.3 Å². The zero-order chi connectivity index (χ0) is 20.0. The molecule has 0 aromatic heterocycles. The molecule has 5 nitrogen and oxygen atoms in total. The van der Waals surface area contributed by atoms with Crippen molar-refractivity contribution in [2.75, 3.05) is 26.2 Å². The Kier molecular flexibility index (Phi) is 7.84. The topological polar surface area (TPSA) is 52.7 Å². The average molecular weight is 374 g/mol. The quantitative estimate of drug-likeness (QED) is 0.762. The standard InChI is InChI=1S/C22H35N3O2/c1-16(2)13-25(14-17(3)4)21(26)12-20-22(27)23-10-11-24(20)15-19-8-6-18(5)7-9-19/h6-9,16-17,20H,10-15H2,1-5H3,(H,23,27)/t20-/m1/s1. The molecule has 1 aliphatic heterocycles. The molecule has 1 aromatic rings. The van der Waals surface area contributed by atoms with Crippen molar-refractivity contribution in [1.29, 1.82) is 0 Å². The third-order valence-corrected chi connectivity index (χ3v) is 4.84. The van der Waals surface area contributed by atoms with Crippen LogP contribution in [0.3, 0.4) is 0 Å². The van der Waals surface area contributed by atoms with Gasteiger partial charge in [0.05, 0.1) is 12.5 Å². The number of nitrogens with one attached hydrogen (secondary N) is 1. The number of rotatable bonds is 8. The number of carbonyl (C=O) groups is 2. The predicted octanol–water partition coefficient (Wildman–Crippen LogP) is 2.83.